The molecule has 0 saturated heterocycles. The van der Waals surface area contributed by atoms with Crippen molar-refractivity contribution < 1.29 is 9.52 Å². The number of aliphatic hydroxyl groups excluding tert-OH is 1. The van der Waals surface area contributed by atoms with Gasteiger partial charge in [0.05, 0.1) is 16.5 Å². The van der Waals surface area contributed by atoms with Crippen LogP contribution in [0.25, 0.3) is 11.0 Å². The van der Waals surface area contributed by atoms with Gasteiger partial charge < -0.3 is 9.52 Å². The first kappa shape index (κ1) is 10.7. The van der Waals surface area contributed by atoms with Gasteiger partial charge in [0.2, 0.25) is 0 Å². The summed E-state index contributed by atoms with van der Waals surface area (Å²) in [7, 11) is 0. The fourth-order valence-corrected chi connectivity index (χ4v) is 1.68. The van der Waals surface area contributed by atoms with Crippen LogP contribution in [-0.2, 0) is 6.61 Å². The third kappa shape index (κ3) is 1.41. The van der Waals surface area contributed by atoms with Crippen molar-refractivity contribution in [2.45, 2.75) is 6.61 Å². The van der Waals surface area contributed by atoms with E-state index >= 15 is 0 Å². The van der Waals surface area contributed by atoms with Crippen molar-refractivity contribution in [2.24, 2.45) is 0 Å². The van der Waals surface area contributed by atoms with Crippen LogP contribution in [0.4, 0.5) is 0 Å². The van der Waals surface area contributed by atoms with Gasteiger partial charge in [0, 0.05) is 0 Å². The Morgan fingerprint density at radius 2 is 1.76 bits per heavy atom. The van der Waals surface area contributed by atoms with E-state index in [-0.39, 0.29) is 27.8 Å². The lowest BCUT2D eigenvalue weighted by molar-refractivity contribution is 0.250. The second kappa shape index (κ2) is 3.98. The number of benzene rings is 1. The fraction of sp³-hybridized carbons (Fsp3) is 0.0833. The summed E-state index contributed by atoms with van der Waals surface area (Å²) in [5.41, 5.74) is 0.712. The molecule has 0 aliphatic carbocycles. The summed E-state index contributed by atoms with van der Waals surface area (Å²) in [4.78, 5) is 0. The number of nitrogens with zero attached hydrogens (tertiary/aromatic N) is 3. The first-order chi connectivity index (χ1) is 8.26. The standard InChI is InChI=1S/C12H5N3O2/c13-3-7-1-2-10-12(8(7)4-14)9(5-15)11(6-16)17-10/h1-2,16H,6H2. The molecule has 1 N–H and O–H groups in total. The Kier molecular flexibility index (Phi) is 2.51. The fourth-order valence-electron chi connectivity index (χ4n) is 1.68. The first-order valence-electron chi connectivity index (χ1n) is 4.66. The lowest BCUT2D eigenvalue weighted by Gasteiger charge is -1.95. The molecule has 1 aromatic carbocycles. The van der Waals surface area contributed by atoms with Crippen molar-refractivity contribution in [1.29, 1.82) is 15.8 Å². The largest absolute Gasteiger partial charge is 0.457 e. The molecule has 1 heterocycles. The molecule has 0 saturated carbocycles. The van der Waals surface area contributed by atoms with Gasteiger partial charge in [0.25, 0.3) is 0 Å². The number of rotatable bonds is 1. The first-order valence-corrected chi connectivity index (χ1v) is 4.66. The van der Waals surface area contributed by atoms with Crippen LogP contribution in [0.15, 0.2) is 16.5 Å². The normalized spacial score (nSPS) is 9.53. The van der Waals surface area contributed by atoms with Crippen LogP contribution in [0.3, 0.4) is 0 Å². The molecule has 0 atom stereocenters. The van der Waals surface area contributed by atoms with Gasteiger partial charge in [-0.3, -0.25) is 0 Å². The van der Waals surface area contributed by atoms with Gasteiger partial charge in [-0.1, -0.05) is 0 Å². The summed E-state index contributed by atoms with van der Waals surface area (Å²) in [6.45, 7) is -0.426. The number of aliphatic hydroxyl groups is 1. The molecule has 5 nitrogen and oxygen atoms in total. The van der Waals surface area contributed by atoms with Gasteiger partial charge in [-0.2, -0.15) is 15.8 Å². The number of furan rings is 1. The minimum atomic E-state index is -0.426. The van der Waals surface area contributed by atoms with E-state index in [0.29, 0.717) is 5.58 Å². The Balaban J connectivity index is 3.00. The molecule has 2 rings (SSSR count). The molecule has 0 radical (unpaired) electrons. The average molecular weight is 223 g/mol. The van der Waals surface area contributed by atoms with Crippen molar-refractivity contribution in [3.05, 3.63) is 34.6 Å². The van der Waals surface area contributed by atoms with E-state index in [9.17, 15) is 0 Å². The molecule has 80 valence electrons. The van der Waals surface area contributed by atoms with Gasteiger partial charge in [-0.25, -0.2) is 0 Å². The summed E-state index contributed by atoms with van der Waals surface area (Å²) in [5.74, 6) is 0.106. The summed E-state index contributed by atoms with van der Waals surface area (Å²) < 4.78 is 5.25. The maximum absolute atomic E-state index is 9.05. The highest BCUT2D eigenvalue weighted by atomic mass is 16.4. The van der Waals surface area contributed by atoms with Crippen LogP contribution >= 0.6 is 0 Å². The van der Waals surface area contributed by atoms with Crippen molar-refractivity contribution in [3.63, 3.8) is 0 Å². The lowest BCUT2D eigenvalue weighted by Crippen LogP contribution is -1.87. The van der Waals surface area contributed by atoms with Crippen molar-refractivity contribution in [2.75, 3.05) is 0 Å². The molecule has 0 aliphatic heterocycles. The predicted molar refractivity (Wildman–Crippen MR) is 56.3 cm³/mol. The number of nitriles is 3. The molecule has 5 heteroatoms. The van der Waals surface area contributed by atoms with Gasteiger partial charge in [0.1, 0.15) is 41.7 Å². The molecule has 0 unspecified atom stereocenters. The van der Waals surface area contributed by atoms with E-state index < -0.39 is 6.61 Å². The van der Waals surface area contributed by atoms with E-state index in [1.165, 1.54) is 12.1 Å². The van der Waals surface area contributed by atoms with Crippen molar-refractivity contribution in [1.82, 2.24) is 0 Å². The maximum atomic E-state index is 9.05. The zero-order valence-electron chi connectivity index (χ0n) is 8.56. The van der Waals surface area contributed by atoms with Crippen LogP contribution < -0.4 is 0 Å². The summed E-state index contributed by atoms with van der Waals surface area (Å²) >= 11 is 0. The zero-order chi connectivity index (χ0) is 12.4. The van der Waals surface area contributed by atoms with E-state index in [1.807, 2.05) is 18.2 Å². The van der Waals surface area contributed by atoms with Crippen LogP contribution in [0, 0.1) is 34.0 Å². The zero-order valence-corrected chi connectivity index (χ0v) is 8.56. The highest BCUT2D eigenvalue weighted by molar-refractivity contribution is 5.92. The van der Waals surface area contributed by atoms with Crippen LogP contribution in [0.1, 0.15) is 22.5 Å². The second-order valence-corrected chi connectivity index (χ2v) is 3.26. The third-order valence-electron chi connectivity index (χ3n) is 2.42. The molecule has 0 spiro atoms. The monoisotopic (exact) mass is 223 g/mol. The van der Waals surface area contributed by atoms with Crippen LogP contribution in [-0.4, -0.2) is 5.11 Å². The average Bonchev–Trinajstić information content (AvgIpc) is 2.74. The smallest absolute Gasteiger partial charge is 0.148 e. The van der Waals surface area contributed by atoms with Gasteiger partial charge in [-0.05, 0) is 12.1 Å². The summed E-state index contributed by atoms with van der Waals surface area (Å²) in [6.07, 6.45) is 0. The molecule has 0 aliphatic rings. The van der Waals surface area contributed by atoms with E-state index in [0.717, 1.165) is 0 Å². The van der Waals surface area contributed by atoms with Crippen LogP contribution in [0.2, 0.25) is 0 Å². The van der Waals surface area contributed by atoms with Gasteiger partial charge in [0.15, 0.2) is 0 Å². The Morgan fingerprint density at radius 1 is 1.06 bits per heavy atom. The highest BCUT2D eigenvalue weighted by Gasteiger charge is 2.18. The molecule has 0 fully saturated rings. The Labute approximate surface area is 96.3 Å². The predicted octanol–water partition coefficient (Wildman–Crippen LogP) is 1.54. The number of hydrogen-bond acceptors (Lipinski definition) is 5. The highest BCUT2D eigenvalue weighted by Crippen LogP contribution is 2.30. The minimum absolute atomic E-state index is 0.102. The molecule has 0 bridgehead atoms. The van der Waals surface area contributed by atoms with E-state index in [2.05, 4.69) is 0 Å². The molecule has 2 aromatic rings. The minimum Gasteiger partial charge on any atom is -0.457 e. The molecule has 1 aromatic heterocycles. The van der Waals surface area contributed by atoms with Crippen molar-refractivity contribution >= 4 is 11.0 Å². The third-order valence-corrected chi connectivity index (χ3v) is 2.42. The molecular formula is C12H5N3O2. The van der Waals surface area contributed by atoms with E-state index in [4.69, 9.17) is 25.3 Å². The SMILES string of the molecule is N#Cc1ccc2oc(CO)c(C#N)c2c1C#N. The van der Waals surface area contributed by atoms with E-state index in [1.54, 1.807) is 0 Å². The lowest BCUT2D eigenvalue weighted by atomic mass is 10.0. The summed E-state index contributed by atoms with van der Waals surface area (Å²) in [5, 5.41) is 36.3. The number of fused-ring (bicyclic) bond motifs is 1. The second-order valence-electron chi connectivity index (χ2n) is 3.26. The molecule has 0 amide bonds. The van der Waals surface area contributed by atoms with Gasteiger partial charge >= 0.3 is 0 Å². The molecular weight excluding hydrogens is 218 g/mol. The molecule has 17 heavy (non-hydrogen) atoms. The van der Waals surface area contributed by atoms with Gasteiger partial charge in [-0.15, -0.1) is 0 Å². The quantitative estimate of drug-likeness (QED) is 0.789. The maximum Gasteiger partial charge on any atom is 0.148 e. The Hall–Kier alpha value is -2.81. The topological polar surface area (TPSA) is 105 Å². The van der Waals surface area contributed by atoms with Crippen molar-refractivity contribution in [3.8, 4) is 18.2 Å². The summed E-state index contributed by atoms with van der Waals surface area (Å²) in [6, 6.07) is 8.61. The Bertz CT molecular complexity index is 723. The van der Waals surface area contributed by atoms with Crippen LogP contribution in [0.5, 0.6) is 0 Å². The Morgan fingerprint density at radius 3 is 2.29 bits per heavy atom. The number of hydrogen-bond donors (Lipinski definition) is 1.